The molecule has 3 heterocycles. The fourth-order valence-electron chi connectivity index (χ4n) is 4.45. The maximum atomic E-state index is 13.2. The first-order valence-corrected chi connectivity index (χ1v) is 10.3. The van der Waals surface area contributed by atoms with Crippen LogP contribution < -0.4 is 4.90 Å². The summed E-state index contributed by atoms with van der Waals surface area (Å²) >= 11 is 0. The molecular weight excluding hydrogens is 380 g/mol. The monoisotopic (exact) mass is 406 g/mol. The molecule has 2 fully saturated rings. The Labute approximate surface area is 176 Å². The maximum Gasteiger partial charge on any atom is 0.255 e. The van der Waals surface area contributed by atoms with E-state index in [1.807, 2.05) is 24.9 Å². The molecule has 1 aromatic carbocycles. The number of carbonyl (C=O) groups is 2. The Morgan fingerprint density at radius 3 is 2.57 bits per heavy atom. The number of nitrogens with zero attached hydrogens (tertiary/aromatic N) is 6. The third kappa shape index (κ3) is 3.68. The largest absolute Gasteiger partial charge is 0.336 e. The molecule has 2 amide bonds. The standard InChI is InChI=1S/C22H26N6O2/c1-16-14-20(25(2)24-16)28-9-5-8-19(22(28)30)26-10-12-27(13-11-26)21(29)18-7-4-3-6-17(18)15-23/h3-4,6-7,14,19H,5,8-13H2,1-2H3. The first kappa shape index (κ1) is 20.1. The van der Waals surface area contributed by atoms with Crippen LogP contribution in [-0.2, 0) is 11.8 Å². The number of carbonyl (C=O) groups excluding carboxylic acids is 2. The van der Waals surface area contributed by atoms with Gasteiger partial charge in [0.2, 0.25) is 5.91 Å². The van der Waals surface area contributed by atoms with E-state index in [2.05, 4.69) is 16.1 Å². The van der Waals surface area contributed by atoms with E-state index in [9.17, 15) is 14.9 Å². The summed E-state index contributed by atoms with van der Waals surface area (Å²) in [7, 11) is 1.86. The van der Waals surface area contributed by atoms with Crippen molar-refractivity contribution in [2.75, 3.05) is 37.6 Å². The van der Waals surface area contributed by atoms with Crippen molar-refractivity contribution in [3.63, 3.8) is 0 Å². The van der Waals surface area contributed by atoms with Crippen molar-refractivity contribution in [2.24, 2.45) is 7.05 Å². The number of rotatable bonds is 3. The number of nitriles is 1. The second-order valence-electron chi connectivity index (χ2n) is 7.90. The lowest BCUT2D eigenvalue weighted by atomic mass is 10.0. The molecular formula is C22H26N6O2. The molecule has 4 rings (SSSR count). The van der Waals surface area contributed by atoms with Crippen LogP contribution in [0.2, 0.25) is 0 Å². The van der Waals surface area contributed by atoms with Crippen LogP contribution in [0.4, 0.5) is 5.82 Å². The summed E-state index contributed by atoms with van der Waals surface area (Å²) in [5, 5.41) is 13.6. The Kier molecular flexibility index (Phi) is 5.55. The number of piperidine rings is 1. The number of amides is 2. The van der Waals surface area contributed by atoms with Gasteiger partial charge in [-0.05, 0) is 31.9 Å². The number of hydrogen-bond acceptors (Lipinski definition) is 5. The highest BCUT2D eigenvalue weighted by molar-refractivity contribution is 5.98. The van der Waals surface area contributed by atoms with Crippen molar-refractivity contribution < 1.29 is 9.59 Å². The predicted molar refractivity (Wildman–Crippen MR) is 112 cm³/mol. The number of anilines is 1. The fourth-order valence-corrected chi connectivity index (χ4v) is 4.45. The lowest BCUT2D eigenvalue weighted by Gasteiger charge is -2.42. The van der Waals surface area contributed by atoms with Gasteiger partial charge in [0, 0.05) is 45.8 Å². The number of aromatic nitrogens is 2. The van der Waals surface area contributed by atoms with E-state index in [1.54, 1.807) is 33.8 Å². The lowest BCUT2D eigenvalue weighted by Crippen LogP contribution is -2.58. The van der Waals surface area contributed by atoms with Gasteiger partial charge in [-0.1, -0.05) is 12.1 Å². The topological polar surface area (TPSA) is 85.5 Å². The third-order valence-electron chi connectivity index (χ3n) is 5.98. The minimum atomic E-state index is -0.169. The molecule has 8 heteroatoms. The van der Waals surface area contributed by atoms with Gasteiger partial charge in [-0.3, -0.25) is 24.1 Å². The Morgan fingerprint density at radius 2 is 1.90 bits per heavy atom. The molecule has 2 aliphatic heterocycles. The van der Waals surface area contributed by atoms with Gasteiger partial charge in [0.25, 0.3) is 5.91 Å². The van der Waals surface area contributed by atoms with E-state index < -0.39 is 0 Å². The van der Waals surface area contributed by atoms with E-state index in [0.29, 0.717) is 43.9 Å². The second kappa shape index (κ2) is 8.28. The zero-order chi connectivity index (χ0) is 21.3. The highest BCUT2D eigenvalue weighted by Crippen LogP contribution is 2.25. The van der Waals surface area contributed by atoms with Crippen LogP contribution in [0.25, 0.3) is 0 Å². The van der Waals surface area contributed by atoms with Crippen LogP contribution >= 0.6 is 0 Å². The SMILES string of the molecule is Cc1cc(N2CCCC(N3CCN(C(=O)c4ccccc4C#N)CC3)C2=O)n(C)n1. The highest BCUT2D eigenvalue weighted by atomic mass is 16.2. The molecule has 0 spiro atoms. The molecule has 0 radical (unpaired) electrons. The molecule has 2 saturated heterocycles. The molecule has 2 aliphatic rings. The molecule has 2 aromatic rings. The molecule has 8 nitrogen and oxygen atoms in total. The van der Waals surface area contributed by atoms with Crippen LogP contribution in [0.3, 0.4) is 0 Å². The number of aryl methyl sites for hydroxylation is 2. The van der Waals surface area contributed by atoms with Gasteiger partial charge in [0.1, 0.15) is 5.82 Å². The quantitative estimate of drug-likeness (QED) is 0.772. The van der Waals surface area contributed by atoms with Crippen LogP contribution in [0.5, 0.6) is 0 Å². The van der Waals surface area contributed by atoms with E-state index in [-0.39, 0.29) is 17.9 Å². The van der Waals surface area contributed by atoms with Crippen molar-refractivity contribution in [3.05, 3.63) is 47.2 Å². The normalized spacial score (nSPS) is 20.3. The summed E-state index contributed by atoms with van der Waals surface area (Å²) in [6.45, 7) is 5.03. The molecule has 1 unspecified atom stereocenters. The molecule has 0 N–H and O–H groups in total. The lowest BCUT2D eigenvalue weighted by molar-refractivity contribution is -0.126. The summed E-state index contributed by atoms with van der Waals surface area (Å²) in [5.74, 6) is 0.830. The average molecular weight is 406 g/mol. The first-order valence-electron chi connectivity index (χ1n) is 10.3. The van der Waals surface area contributed by atoms with Gasteiger partial charge < -0.3 is 4.90 Å². The van der Waals surface area contributed by atoms with E-state index >= 15 is 0 Å². The summed E-state index contributed by atoms with van der Waals surface area (Å²) in [5.41, 5.74) is 1.74. The molecule has 0 saturated carbocycles. The minimum absolute atomic E-state index is 0.110. The fraction of sp³-hybridized carbons (Fsp3) is 0.455. The Hall–Kier alpha value is -3.18. The van der Waals surface area contributed by atoms with Crippen LogP contribution in [0.15, 0.2) is 30.3 Å². The molecule has 156 valence electrons. The van der Waals surface area contributed by atoms with Gasteiger partial charge >= 0.3 is 0 Å². The third-order valence-corrected chi connectivity index (χ3v) is 5.98. The minimum Gasteiger partial charge on any atom is -0.336 e. The van der Waals surface area contributed by atoms with Gasteiger partial charge in [0.15, 0.2) is 0 Å². The van der Waals surface area contributed by atoms with Gasteiger partial charge in [-0.25, -0.2) is 0 Å². The molecule has 1 aromatic heterocycles. The van der Waals surface area contributed by atoms with Crippen LogP contribution in [-0.4, -0.2) is 70.2 Å². The average Bonchev–Trinajstić information content (AvgIpc) is 3.11. The van der Waals surface area contributed by atoms with Crippen molar-refractivity contribution >= 4 is 17.6 Å². The van der Waals surface area contributed by atoms with E-state index in [0.717, 1.165) is 24.4 Å². The van der Waals surface area contributed by atoms with Crippen molar-refractivity contribution in [1.82, 2.24) is 19.6 Å². The van der Waals surface area contributed by atoms with Crippen molar-refractivity contribution in [3.8, 4) is 6.07 Å². The maximum absolute atomic E-state index is 13.2. The molecule has 1 atom stereocenters. The van der Waals surface area contributed by atoms with Gasteiger partial charge in [0.05, 0.1) is 28.9 Å². The summed E-state index contributed by atoms with van der Waals surface area (Å²) in [6, 6.07) is 10.8. The molecule has 0 aliphatic carbocycles. The zero-order valence-electron chi connectivity index (χ0n) is 17.4. The van der Waals surface area contributed by atoms with Crippen molar-refractivity contribution in [2.45, 2.75) is 25.8 Å². The zero-order valence-corrected chi connectivity index (χ0v) is 17.4. The molecule has 30 heavy (non-hydrogen) atoms. The summed E-state index contributed by atoms with van der Waals surface area (Å²) in [4.78, 5) is 31.9. The van der Waals surface area contributed by atoms with Gasteiger partial charge in [-0.15, -0.1) is 0 Å². The van der Waals surface area contributed by atoms with Gasteiger partial charge in [-0.2, -0.15) is 10.4 Å². The summed E-state index contributed by atoms with van der Waals surface area (Å²) in [6.07, 6.45) is 1.77. The number of benzene rings is 1. The van der Waals surface area contributed by atoms with Crippen LogP contribution in [0, 0.1) is 18.3 Å². The summed E-state index contributed by atoms with van der Waals surface area (Å²) < 4.78 is 1.76. The molecule has 0 bridgehead atoms. The van der Waals surface area contributed by atoms with Crippen LogP contribution in [0.1, 0.15) is 34.5 Å². The number of piperazine rings is 1. The van der Waals surface area contributed by atoms with E-state index in [1.165, 1.54) is 0 Å². The Bertz CT molecular complexity index is 999. The second-order valence-corrected chi connectivity index (χ2v) is 7.90. The Morgan fingerprint density at radius 1 is 1.17 bits per heavy atom. The van der Waals surface area contributed by atoms with Crippen molar-refractivity contribution in [1.29, 1.82) is 5.26 Å². The first-order chi connectivity index (χ1) is 14.5. The smallest absolute Gasteiger partial charge is 0.255 e. The Balaban J connectivity index is 1.42. The predicted octanol–water partition coefficient (Wildman–Crippen LogP) is 1.55. The number of hydrogen-bond donors (Lipinski definition) is 0. The highest BCUT2D eigenvalue weighted by Gasteiger charge is 2.37. The van der Waals surface area contributed by atoms with E-state index in [4.69, 9.17) is 0 Å².